The van der Waals surface area contributed by atoms with E-state index in [1.165, 1.54) is 13.2 Å². The number of hydrogen-bond donors (Lipinski definition) is 2. The Kier molecular flexibility index (Phi) is 10.6. The summed E-state index contributed by atoms with van der Waals surface area (Å²) in [6.07, 6.45) is 1.42. The van der Waals surface area contributed by atoms with Gasteiger partial charge in [-0.15, -0.1) is 0 Å². The van der Waals surface area contributed by atoms with E-state index >= 15 is 0 Å². The molecule has 2 amide bonds. The maximum Gasteiger partial charge on any atom is 0.409 e. The maximum absolute atomic E-state index is 14.3. The van der Waals surface area contributed by atoms with Gasteiger partial charge in [-0.05, 0) is 59.5 Å². The van der Waals surface area contributed by atoms with E-state index in [4.69, 9.17) is 18.6 Å². The van der Waals surface area contributed by atoms with Crippen LogP contribution < -0.4 is 19.5 Å². The van der Waals surface area contributed by atoms with Crippen LogP contribution in [0.25, 0.3) is 5.57 Å². The molecule has 0 unspecified atom stereocenters. The van der Waals surface area contributed by atoms with Crippen LogP contribution in [-0.4, -0.2) is 63.7 Å². The summed E-state index contributed by atoms with van der Waals surface area (Å²) in [5, 5.41) is 12.1. The van der Waals surface area contributed by atoms with Gasteiger partial charge >= 0.3 is 6.09 Å². The van der Waals surface area contributed by atoms with Crippen molar-refractivity contribution in [2.45, 2.75) is 58.0 Å². The minimum Gasteiger partial charge on any atom is -0.497 e. The van der Waals surface area contributed by atoms with E-state index in [2.05, 4.69) is 45.3 Å². The molecular formula is C35H44N2O7Si. The van der Waals surface area contributed by atoms with Crippen molar-refractivity contribution in [3.63, 3.8) is 0 Å². The van der Waals surface area contributed by atoms with Crippen LogP contribution in [0.15, 0.2) is 72.8 Å². The fourth-order valence-corrected chi connectivity index (χ4v) is 5.90. The molecule has 45 heavy (non-hydrogen) atoms. The second kappa shape index (κ2) is 14.2. The Morgan fingerprint density at radius 1 is 0.978 bits per heavy atom. The number of methoxy groups -OCH3 is 2. The maximum atomic E-state index is 14.3. The molecule has 0 bridgehead atoms. The van der Waals surface area contributed by atoms with Crippen LogP contribution in [-0.2, 0) is 11.0 Å². The molecule has 0 spiro atoms. The molecule has 9 nitrogen and oxygen atoms in total. The summed E-state index contributed by atoms with van der Waals surface area (Å²) in [5.74, 6) is 1.08. The molecule has 1 aliphatic heterocycles. The third-order valence-electron chi connectivity index (χ3n) is 8.57. The minimum atomic E-state index is -2.15. The van der Waals surface area contributed by atoms with Gasteiger partial charge in [-0.2, -0.15) is 0 Å². The van der Waals surface area contributed by atoms with E-state index in [-0.39, 0.29) is 34.8 Å². The summed E-state index contributed by atoms with van der Waals surface area (Å²) < 4.78 is 23.6. The van der Waals surface area contributed by atoms with Crippen LogP contribution in [0.4, 0.5) is 10.5 Å². The monoisotopic (exact) mass is 632 g/mol. The Hall–Kier alpha value is -4.28. The Morgan fingerprint density at radius 2 is 1.67 bits per heavy atom. The summed E-state index contributed by atoms with van der Waals surface area (Å²) in [6.45, 7) is 11.9. The third-order valence-corrected chi connectivity index (χ3v) is 13.1. The van der Waals surface area contributed by atoms with Gasteiger partial charge in [0.2, 0.25) is 0 Å². The molecule has 2 N–H and O–H groups in total. The van der Waals surface area contributed by atoms with Crippen molar-refractivity contribution in [1.82, 2.24) is 4.90 Å². The van der Waals surface area contributed by atoms with Crippen LogP contribution in [0, 0.1) is 0 Å². The van der Waals surface area contributed by atoms with E-state index in [9.17, 15) is 14.7 Å². The zero-order valence-corrected chi connectivity index (χ0v) is 28.2. The lowest BCUT2D eigenvalue weighted by atomic mass is 9.95. The van der Waals surface area contributed by atoms with Gasteiger partial charge in [-0.25, -0.2) is 4.79 Å². The lowest BCUT2D eigenvalue weighted by Crippen LogP contribution is -2.49. The summed E-state index contributed by atoms with van der Waals surface area (Å²) >= 11 is 0. The van der Waals surface area contributed by atoms with E-state index in [0.29, 0.717) is 31.1 Å². The lowest BCUT2D eigenvalue weighted by molar-refractivity contribution is 0.0655. The molecule has 1 atom stereocenters. The molecule has 0 aliphatic carbocycles. The van der Waals surface area contributed by atoms with E-state index in [1.54, 1.807) is 18.1 Å². The first kappa shape index (κ1) is 33.6. The minimum absolute atomic E-state index is 0.0133. The molecule has 0 fully saturated rings. The number of rotatable bonds is 11. The molecule has 3 aromatic carbocycles. The summed E-state index contributed by atoms with van der Waals surface area (Å²) in [4.78, 5) is 27.9. The normalized spacial score (nSPS) is 15.2. The SMILES string of the molecule is COc1ccc(C2=C[C@@H](CO[Si](C)(C)C(C)(C)C)N(C(=O)c3cc(OC)c(OCc4ccccc4)cc3NC(=O)O)CC2)cc1. The molecule has 1 aliphatic rings. The van der Waals surface area contributed by atoms with Crippen molar-refractivity contribution in [3.8, 4) is 17.2 Å². The largest absolute Gasteiger partial charge is 0.497 e. The molecule has 1 heterocycles. The predicted molar refractivity (Wildman–Crippen MR) is 179 cm³/mol. The van der Waals surface area contributed by atoms with Crippen molar-refractivity contribution < 1.29 is 33.3 Å². The molecule has 3 aromatic rings. The number of carbonyl (C=O) groups is 2. The number of ether oxygens (including phenoxy) is 3. The number of hydrogen-bond acceptors (Lipinski definition) is 6. The van der Waals surface area contributed by atoms with Crippen molar-refractivity contribution in [3.05, 3.63) is 89.5 Å². The van der Waals surface area contributed by atoms with Crippen molar-refractivity contribution in [2.24, 2.45) is 0 Å². The first-order chi connectivity index (χ1) is 21.3. The number of anilines is 1. The molecular weight excluding hydrogens is 588 g/mol. The molecule has 0 aromatic heterocycles. The fourth-order valence-electron chi connectivity index (χ4n) is 4.88. The number of benzene rings is 3. The smallest absolute Gasteiger partial charge is 0.409 e. The third kappa shape index (κ3) is 8.26. The highest BCUT2D eigenvalue weighted by atomic mass is 28.4. The summed E-state index contributed by atoms with van der Waals surface area (Å²) in [5.41, 5.74) is 3.38. The fraction of sp³-hybridized carbons (Fsp3) is 0.371. The Bertz CT molecular complexity index is 1520. The Labute approximate surface area is 266 Å². The van der Waals surface area contributed by atoms with Crippen LogP contribution in [0.1, 0.15) is 48.7 Å². The van der Waals surface area contributed by atoms with Crippen molar-refractivity contribution >= 4 is 31.6 Å². The number of nitrogens with one attached hydrogen (secondary N) is 1. The number of nitrogens with zero attached hydrogens (tertiary/aromatic N) is 1. The number of carbonyl (C=O) groups excluding carboxylic acids is 1. The zero-order valence-electron chi connectivity index (χ0n) is 27.2. The zero-order chi connectivity index (χ0) is 32.8. The van der Waals surface area contributed by atoms with Crippen molar-refractivity contribution in [2.75, 3.05) is 32.7 Å². The predicted octanol–water partition coefficient (Wildman–Crippen LogP) is 7.69. The summed E-state index contributed by atoms with van der Waals surface area (Å²) in [6, 6.07) is 20.1. The van der Waals surface area contributed by atoms with Gasteiger partial charge in [0, 0.05) is 12.6 Å². The van der Waals surface area contributed by atoms with Gasteiger partial charge in [0.25, 0.3) is 5.91 Å². The van der Waals surface area contributed by atoms with Crippen LogP contribution >= 0.6 is 0 Å². The molecule has 0 saturated carbocycles. The summed E-state index contributed by atoms with van der Waals surface area (Å²) in [7, 11) is 0.977. The quantitative estimate of drug-likeness (QED) is 0.209. The van der Waals surface area contributed by atoms with Gasteiger partial charge in [0.05, 0.1) is 38.1 Å². The van der Waals surface area contributed by atoms with Crippen LogP contribution in [0.2, 0.25) is 18.1 Å². The topological polar surface area (TPSA) is 107 Å². The van der Waals surface area contributed by atoms with Gasteiger partial charge in [-0.3, -0.25) is 10.1 Å². The average Bonchev–Trinajstić information content (AvgIpc) is 3.02. The molecule has 4 rings (SSSR count). The Balaban J connectivity index is 1.70. The van der Waals surface area contributed by atoms with Gasteiger partial charge in [-0.1, -0.05) is 69.3 Å². The lowest BCUT2D eigenvalue weighted by Gasteiger charge is -2.40. The second-order valence-electron chi connectivity index (χ2n) is 12.6. The number of amides is 2. The van der Waals surface area contributed by atoms with Crippen LogP contribution in [0.5, 0.6) is 17.2 Å². The highest BCUT2D eigenvalue weighted by molar-refractivity contribution is 6.74. The van der Waals surface area contributed by atoms with Gasteiger partial charge < -0.3 is 28.6 Å². The van der Waals surface area contributed by atoms with E-state index in [1.807, 2.05) is 54.6 Å². The standard InChI is InChI=1S/C35H44N2O7Si/c1-35(2,3)45(6,7)44-23-27-19-26(25-13-15-28(41-4)16-14-25)17-18-37(27)33(38)29-20-31(42-5)32(21-30(29)36-34(39)40)43-22-24-11-9-8-10-12-24/h8-16,19-21,27,36H,17-18,22-23H2,1-7H3,(H,39,40)/t27-/m0/s1. The highest BCUT2D eigenvalue weighted by Crippen LogP contribution is 2.39. The first-order valence-electron chi connectivity index (χ1n) is 15.0. The van der Waals surface area contributed by atoms with E-state index < -0.39 is 14.4 Å². The first-order valence-corrected chi connectivity index (χ1v) is 17.9. The second-order valence-corrected chi connectivity index (χ2v) is 17.4. The Morgan fingerprint density at radius 3 is 2.27 bits per heavy atom. The molecule has 240 valence electrons. The number of carboxylic acid groups (broad SMARTS) is 1. The molecule has 10 heteroatoms. The van der Waals surface area contributed by atoms with Crippen LogP contribution in [0.3, 0.4) is 0 Å². The van der Waals surface area contributed by atoms with Crippen molar-refractivity contribution in [1.29, 1.82) is 0 Å². The van der Waals surface area contributed by atoms with Gasteiger partial charge in [0.15, 0.2) is 19.8 Å². The average molecular weight is 633 g/mol. The highest BCUT2D eigenvalue weighted by Gasteiger charge is 2.39. The van der Waals surface area contributed by atoms with Gasteiger partial charge in [0.1, 0.15) is 12.4 Å². The van der Waals surface area contributed by atoms with E-state index in [0.717, 1.165) is 22.4 Å². The molecule has 0 saturated heterocycles. The molecule has 0 radical (unpaired) electrons.